The highest BCUT2D eigenvalue weighted by atomic mass is 16.5. The largest absolute Gasteiger partial charge is 0.492 e. The fourth-order valence-electron chi connectivity index (χ4n) is 5.42. The number of rotatable bonds is 10. The quantitative estimate of drug-likeness (QED) is 0.368. The molecular formula is C25H35N7O4. The van der Waals surface area contributed by atoms with Gasteiger partial charge in [-0.2, -0.15) is 4.68 Å². The van der Waals surface area contributed by atoms with Crippen LogP contribution in [0.5, 0.6) is 5.75 Å². The summed E-state index contributed by atoms with van der Waals surface area (Å²) in [5, 5.41) is 3.33. The molecule has 2 atom stereocenters. The molecule has 0 bridgehead atoms. The van der Waals surface area contributed by atoms with E-state index in [9.17, 15) is 14.4 Å². The molecule has 0 spiro atoms. The SMILES string of the molecule is [C-]#[N+]CCN(CC)C(CNC(C)=O)C1CCN(c2ccc3c(=O)n(N)c(=O)n(C4CC4)c3c2OC)C1. The summed E-state index contributed by atoms with van der Waals surface area (Å²) in [5.41, 5.74) is 0.265. The standard InChI is InChI=1S/C25H35N7O4/c1-5-29(13-11-27-3)21(14-28-16(2)33)17-10-12-30(15-17)20-9-8-19-22(23(20)36-4)31(18-6-7-18)25(35)32(26)24(19)34/h8-9,17-18,21H,5-7,10-15,26H2,1-2,4H3,(H,28,33). The molecule has 3 N–H and O–H groups in total. The minimum atomic E-state index is -0.537. The lowest BCUT2D eigenvalue weighted by molar-refractivity contribution is -0.119. The summed E-state index contributed by atoms with van der Waals surface area (Å²) in [6.45, 7) is 14.6. The van der Waals surface area contributed by atoms with Crippen LogP contribution in [-0.4, -0.2) is 72.5 Å². The summed E-state index contributed by atoms with van der Waals surface area (Å²) in [4.78, 5) is 45.4. The van der Waals surface area contributed by atoms with Crippen molar-refractivity contribution in [3.63, 3.8) is 0 Å². The van der Waals surface area contributed by atoms with Gasteiger partial charge in [-0.05, 0) is 43.9 Å². The van der Waals surface area contributed by atoms with Crippen LogP contribution in [0.3, 0.4) is 0 Å². The second-order valence-corrected chi connectivity index (χ2v) is 9.58. The molecule has 2 fully saturated rings. The number of benzene rings is 1. The maximum atomic E-state index is 12.9. The van der Waals surface area contributed by atoms with E-state index in [0.717, 1.165) is 44.6 Å². The van der Waals surface area contributed by atoms with Crippen molar-refractivity contribution in [2.75, 3.05) is 57.1 Å². The topological polar surface area (TPSA) is 119 Å². The highest BCUT2D eigenvalue weighted by Gasteiger charge is 2.36. The van der Waals surface area contributed by atoms with Gasteiger partial charge >= 0.3 is 5.69 Å². The van der Waals surface area contributed by atoms with Crippen molar-refractivity contribution in [2.24, 2.45) is 5.92 Å². The molecule has 2 heterocycles. The van der Waals surface area contributed by atoms with E-state index in [0.29, 0.717) is 41.0 Å². The molecule has 4 rings (SSSR count). The van der Waals surface area contributed by atoms with Crippen LogP contribution in [0.1, 0.15) is 39.2 Å². The molecule has 1 aromatic carbocycles. The Kier molecular flexibility index (Phi) is 7.54. The maximum absolute atomic E-state index is 12.9. The number of ether oxygens (including phenoxy) is 1. The highest BCUT2D eigenvalue weighted by molar-refractivity contribution is 5.90. The number of fused-ring (bicyclic) bond motifs is 1. The molecule has 11 nitrogen and oxygen atoms in total. The van der Waals surface area contributed by atoms with Gasteiger partial charge in [-0.1, -0.05) is 6.92 Å². The number of nitrogens with two attached hydrogens (primary N) is 1. The first-order valence-electron chi connectivity index (χ1n) is 12.5. The third-order valence-corrected chi connectivity index (χ3v) is 7.37. The van der Waals surface area contributed by atoms with Crippen LogP contribution in [0.15, 0.2) is 21.7 Å². The van der Waals surface area contributed by atoms with Gasteiger partial charge in [0, 0.05) is 38.6 Å². The lowest BCUT2D eigenvalue weighted by atomic mass is 9.97. The molecule has 1 amide bonds. The van der Waals surface area contributed by atoms with Gasteiger partial charge in [-0.3, -0.25) is 19.1 Å². The van der Waals surface area contributed by atoms with Crippen molar-refractivity contribution < 1.29 is 9.53 Å². The number of hydrogen-bond donors (Lipinski definition) is 2. The number of hydrogen-bond acceptors (Lipinski definition) is 7. The molecule has 194 valence electrons. The summed E-state index contributed by atoms with van der Waals surface area (Å²) < 4.78 is 8.13. The van der Waals surface area contributed by atoms with E-state index < -0.39 is 11.2 Å². The molecule has 11 heteroatoms. The first kappa shape index (κ1) is 25.6. The van der Waals surface area contributed by atoms with Crippen molar-refractivity contribution in [1.29, 1.82) is 0 Å². The van der Waals surface area contributed by atoms with Crippen LogP contribution < -0.4 is 32.0 Å². The van der Waals surface area contributed by atoms with Crippen molar-refractivity contribution in [1.82, 2.24) is 19.5 Å². The Labute approximate surface area is 210 Å². The smallest absolute Gasteiger partial charge is 0.350 e. The number of amides is 1. The predicted octanol–water partition coefficient (Wildman–Crippen LogP) is 0.793. The molecule has 1 aliphatic carbocycles. The molecule has 1 saturated carbocycles. The molecule has 0 radical (unpaired) electrons. The Morgan fingerprint density at radius 2 is 2.08 bits per heavy atom. The third-order valence-electron chi connectivity index (χ3n) is 7.37. The van der Waals surface area contributed by atoms with Crippen LogP contribution in [0.4, 0.5) is 5.69 Å². The van der Waals surface area contributed by atoms with E-state index in [1.54, 1.807) is 17.7 Å². The predicted molar refractivity (Wildman–Crippen MR) is 139 cm³/mol. The summed E-state index contributed by atoms with van der Waals surface area (Å²) >= 11 is 0. The number of nitrogens with one attached hydrogen (secondary N) is 1. The van der Waals surface area contributed by atoms with Crippen molar-refractivity contribution in [2.45, 2.75) is 45.2 Å². The van der Waals surface area contributed by atoms with Gasteiger partial charge < -0.3 is 25.6 Å². The molecule has 1 saturated heterocycles. The second kappa shape index (κ2) is 10.6. The van der Waals surface area contributed by atoms with Gasteiger partial charge in [-0.15, -0.1) is 0 Å². The van der Waals surface area contributed by atoms with E-state index in [2.05, 4.69) is 26.9 Å². The monoisotopic (exact) mass is 497 g/mol. The average molecular weight is 498 g/mol. The molecule has 2 aliphatic rings. The lowest BCUT2D eigenvalue weighted by Crippen LogP contribution is -2.49. The maximum Gasteiger partial charge on any atom is 0.350 e. The van der Waals surface area contributed by atoms with Crippen LogP contribution >= 0.6 is 0 Å². The first-order chi connectivity index (χ1) is 17.3. The normalized spacial score (nSPS) is 18.4. The fraction of sp³-hybridized carbons (Fsp3) is 0.600. The van der Waals surface area contributed by atoms with Gasteiger partial charge in [0.05, 0.1) is 24.7 Å². The van der Waals surface area contributed by atoms with Gasteiger partial charge in [-0.25, -0.2) is 11.4 Å². The molecule has 1 aliphatic heterocycles. The number of anilines is 1. The van der Waals surface area contributed by atoms with Crippen molar-refractivity contribution >= 4 is 22.5 Å². The molecule has 36 heavy (non-hydrogen) atoms. The van der Waals surface area contributed by atoms with Crippen LogP contribution in [-0.2, 0) is 4.79 Å². The molecular weight excluding hydrogens is 462 g/mol. The first-order valence-corrected chi connectivity index (χ1v) is 12.5. The van der Waals surface area contributed by atoms with E-state index in [1.807, 2.05) is 6.07 Å². The van der Waals surface area contributed by atoms with Gasteiger partial charge in [0.25, 0.3) is 5.56 Å². The van der Waals surface area contributed by atoms with E-state index in [1.165, 1.54) is 6.92 Å². The highest BCUT2D eigenvalue weighted by Crippen LogP contribution is 2.42. The van der Waals surface area contributed by atoms with E-state index in [4.69, 9.17) is 17.2 Å². The van der Waals surface area contributed by atoms with Crippen molar-refractivity contribution in [3.05, 3.63) is 44.4 Å². The fourth-order valence-corrected chi connectivity index (χ4v) is 5.42. The number of aromatic nitrogens is 2. The Balaban J connectivity index is 1.70. The zero-order valence-corrected chi connectivity index (χ0v) is 21.2. The number of carbonyl (C=O) groups is 1. The minimum absolute atomic E-state index is 0.00785. The summed E-state index contributed by atoms with van der Waals surface area (Å²) in [6, 6.07) is 3.69. The van der Waals surface area contributed by atoms with Crippen LogP contribution in [0, 0.1) is 12.5 Å². The Morgan fingerprint density at radius 1 is 1.33 bits per heavy atom. The van der Waals surface area contributed by atoms with Gasteiger partial charge in [0.1, 0.15) is 5.52 Å². The number of likely N-dealkylation sites (N-methyl/N-ethyl adjacent to an activating group) is 1. The lowest BCUT2D eigenvalue weighted by Gasteiger charge is -2.34. The van der Waals surface area contributed by atoms with E-state index >= 15 is 0 Å². The number of methoxy groups -OCH3 is 1. The molecule has 2 aromatic rings. The molecule has 2 unspecified atom stereocenters. The second-order valence-electron chi connectivity index (χ2n) is 9.58. The Bertz CT molecular complexity index is 1290. The average Bonchev–Trinajstić information content (AvgIpc) is 3.59. The number of carbonyl (C=O) groups excluding carboxylic acids is 1. The zero-order valence-electron chi connectivity index (χ0n) is 21.2. The Morgan fingerprint density at radius 3 is 2.69 bits per heavy atom. The third kappa shape index (κ3) is 4.78. The zero-order chi connectivity index (χ0) is 26.0. The van der Waals surface area contributed by atoms with Gasteiger partial charge in [0.2, 0.25) is 12.5 Å². The molecule has 1 aromatic heterocycles. The van der Waals surface area contributed by atoms with Crippen molar-refractivity contribution in [3.8, 4) is 5.75 Å². The summed E-state index contributed by atoms with van der Waals surface area (Å²) in [5.74, 6) is 6.50. The van der Waals surface area contributed by atoms with Crippen LogP contribution in [0.2, 0.25) is 0 Å². The minimum Gasteiger partial charge on any atom is -0.492 e. The summed E-state index contributed by atoms with van der Waals surface area (Å²) in [6.07, 6.45) is 2.61. The van der Waals surface area contributed by atoms with E-state index in [-0.39, 0.29) is 23.9 Å². The van der Waals surface area contributed by atoms with Gasteiger partial charge in [0.15, 0.2) is 5.75 Å². The summed E-state index contributed by atoms with van der Waals surface area (Å²) in [7, 11) is 1.56. The number of nitrogens with zero attached hydrogens (tertiary/aromatic N) is 5. The van der Waals surface area contributed by atoms with Crippen LogP contribution in [0.25, 0.3) is 15.7 Å². The Hall–Kier alpha value is -3.52. The number of nitrogen functional groups attached to an aromatic ring is 1.